The minimum atomic E-state index is -0.153. The Morgan fingerprint density at radius 3 is 2.69 bits per heavy atom. The second kappa shape index (κ2) is 5.19. The molecule has 1 heterocycles. The van der Waals surface area contributed by atoms with Gasteiger partial charge in [0, 0.05) is 30.1 Å². The number of rotatable bonds is 2. The molecule has 0 spiro atoms. The van der Waals surface area contributed by atoms with E-state index in [9.17, 15) is 4.39 Å². The van der Waals surface area contributed by atoms with Crippen molar-refractivity contribution in [2.24, 2.45) is 0 Å². The fourth-order valence-corrected chi connectivity index (χ4v) is 3.21. The van der Waals surface area contributed by atoms with Crippen molar-refractivity contribution in [1.29, 1.82) is 0 Å². The van der Waals surface area contributed by atoms with E-state index in [2.05, 4.69) is 18.7 Å². The molecule has 3 heteroatoms. The summed E-state index contributed by atoms with van der Waals surface area (Å²) in [4.78, 5) is 2.48. The average Bonchev–Trinajstić information content (AvgIpc) is 2.28. The molecule has 16 heavy (non-hydrogen) atoms. The van der Waals surface area contributed by atoms with Gasteiger partial charge in [-0.15, -0.1) is 0 Å². The molecule has 0 radical (unpaired) electrons. The van der Waals surface area contributed by atoms with Crippen molar-refractivity contribution in [3.05, 3.63) is 35.6 Å². The van der Waals surface area contributed by atoms with Gasteiger partial charge < -0.3 is 0 Å². The molecule has 0 aliphatic carbocycles. The van der Waals surface area contributed by atoms with E-state index in [1.54, 1.807) is 12.1 Å². The zero-order valence-electron chi connectivity index (χ0n) is 9.82. The third-order valence-electron chi connectivity index (χ3n) is 3.31. The van der Waals surface area contributed by atoms with Crippen molar-refractivity contribution < 1.29 is 4.39 Å². The first-order valence-electron chi connectivity index (χ1n) is 5.77. The number of hydrogen-bond donors (Lipinski definition) is 0. The largest absolute Gasteiger partial charge is 0.295 e. The van der Waals surface area contributed by atoms with Crippen LogP contribution in [0.25, 0.3) is 0 Å². The van der Waals surface area contributed by atoms with Crippen LogP contribution in [0.5, 0.6) is 0 Å². The van der Waals surface area contributed by atoms with E-state index in [0.29, 0.717) is 11.3 Å². The Morgan fingerprint density at radius 2 is 2.00 bits per heavy atom. The molecule has 1 aromatic carbocycles. The fourth-order valence-electron chi connectivity index (χ4n) is 2.04. The molecule has 1 fully saturated rings. The van der Waals surface area contributed by atoms with Crippen LogP contribution in [0.4, 0.5) is 4.39 Å². The zero-order valence-corrected chi connectivity index (χ0v) is 10.6. The van der Waals surface area contributed by atoms with E-state index in [1.165, 1.54) is 11.3 Å². The second-order valence-corrected chi connectivity index (χ2v) is 5.90. The highest BCUT2D eigenvalue weighted by Crippen LogP contribution is 2.25. The van der Waals surface area contributed by atoms with Crippen molar-refractivity contribution in [2.45, 2.75) is 31.7 Å². The summed E-state index contributed by atoms with van der Waals surface area (Å²) < 4.78 is 12.8. The third kappa shape index (κ3) is 2.77. The van der Waals surface area contributed by atoms with Crippen LogP contribution in [0.1, 0.15) is 19.4 Å². The summed E-state index contributed by atoms with van der Waals surface area (Å²) in [5, 5.41) is 0.689. The minimum absolute atomic E-state index is 0.153. The molecule has 88 valence electrons. The Morgan fingerprint density at radius 1 is 1.31 bits per heavy atom. The number of thioether (sulfide) groups is 1. The molecular weight excluding hydrogens is 221 g/mol. The maximum atomic E-state index is 12.8. The molecule has 1 aromatic rings. The average molecular weight is 239 g/mol. The van der Waals surface area contributed by atoms with Gasteiger partial charge in [-0.05, 0) is 24.6 Å². The van der Waals surface area contributed by atoms with Gasteiger partial charge in [0.2, 0.25) is 0 Å². The molecular formula is C13H18FNS. The first-order valence-corrected chi connectivity index (χ1v) is 6.82. The van der Waals surface area contributed by atoms with E-state index < -0.39 is 0 Å². The number of hydrogen-bond acceptors (Lipinski definition) is 2. The summed E-state index contributed by atoms with van der Waals surface area (Å²) in [5.41, 5.74) is 1.20. The molecule has 1 nitrogen and oxygen atoms in total. The predicted molar refractivity (Wildman–Crippen MR) is 68.2 cm³/mol. The Labute approximate surface area is 101 Å². The smallest absolute Gasteiger partial charge is 0.123 e. The second-order valence-electron chi connectivity index (χ2n) is 4.41. The van der Waals surface area contributed by atoms with Crippen LogP contribution in [-0.4, -0.2) is 28.5 Å². The summed E-state index contributed by atoms with van der Waals surface area (Å²) in [6.07, 6.45) is 0. The quantitative estimate of drug-likeness (QED) is 0.780. The summed E-state index contributed by atoms with van der Waals surface area (Å²) in [7, 11) is 0. The summed E-state index contributed by atoms with van der Waals surface area (Å²) in [6, 6.07) is 7.46. The number of benzene rings is 1. The monoisotopic (exact) mass is 239 g/mol. The van der Waals surface area contributed by atoms with Crippen molar-refractivity contribution in [1.82, 2.24) is 4.90 Å². The van der Waals surface area contributed by atoms with Gasteiger partial charge >= 0.3 is 0 Å². The Bertz CT molecular complexity index is 338. The van der Waals surface area contributed by atoms with Crippen LogP contribution in [0.2, 0.25) is 0 Å². The first-order chi connectivity index (χ1) is 7.66. The van der Waals surface area contributed by atoms with E-state index in [4.69, 9.17) is 0 Å². The lowest BCUT2D eigenvalue weighted by Crippen LogP contribution is -2.43. The van der Waals surface area contributed by atoms with Crippen LogP contribution < -0.4 is 0 Å². The number of nitrogens with zero attached hydrogens (tertiary/aromatic N) is 1. The summed E-state index contributed by atoms with van der Waals surface area (Å²) in [6.45, 7) is 6.63. The van der Waals surface area contributed by atoms with Crippen LogP contribution in [0, 0.1) is 5.82 Å². The highest BCUT2D eigenvalue weighted by molar-refractivity contribution is 8.00. The van der Waals surface area contributed by atoms with Crippen LogP contribution in [0.3, 0.4) is 0 Å². The van der Waals surface area contributed by atoms with E-state index in [0.717, 1.165) is 13.1 Å². The van der Waals surface area contributed by atoms with Crippen LogP contribution >= 0.6 is 11.8 Å². The van der Waals surface area contributed by atoms with Crippen LogP contribution in [-0.2, 0) is 6.54 Å². The SMILES string of the molecule is CC1SCCN(Cc2ccc(F)cc2)C1C. The third-order valence-corrected chi connectivity index (χ3v) is 4.65. The van der Waals surface area contributed by atoms with Crippen molar-refractivity contribution in [2.75, 3.05) is 12.3 Å². The van der Waals surface area contributed by atoms with Crippen molar-refractivity contribution in [3.8, 4) is 0 Å². The van der Waals surface area contributed by atoms with Gasteiger partial charge in [0.1, 0.15) is 5.82 Å². The van der Waals surface area contributed by atoms with Gasteiger partial charge in [-0.2, -0.15) is 11.8 Å². The molecule has 1 aliphatic rings. The van der Waals surface area contributed by atoms with Crippen molar-refractivity contribution in [3.63, 3.8) is 0 Å². The van der Waals surface area contributed by atoms with E-state index in [1.807, 2.05) is 23.9 Å². The molecule has 1 saturated heterocycles. The van der Waals surface area contributed by atoms with E-state index in [-0.39, 0.29) is 5.82 Å². The highest BCUT2D eigenvalue weighted by atomic mass is 32.2. The molecule has 0 N–H and O–H groups in total. The standard InChI is InChI=1S/C13H18FNS/c1-10-11(2)16-8-7-15(10)9-12-3-5-13(14)6-4-12/h3-6,10-11H,7-9H2,1-2H3. The Hall–Kier alpha value is -0.540. The van der Waals surface area contributed by atoms with Crippen molar-refractivity contribution >= 4 is 11.8 Å². The molecule has 0 aromatic heterocycles. The lowest BCUT2D eigenvalue weighted by molar-refractivity contribution is 0.204. The minimum Gasteiger partial charge on any atom is -0.295 e. The molecule has 1 aliphatic heterocycles. The Balaban J connectivity index is 2.00. The predicted octanol–water partition coefficient (Wildman–Crippen LogP) is 3.15. The van der Waals surface area contributed by atoms with E-state index >= 15 is 0 Å². The lowest BCUT2D eigenvalue weighted by Gasteiger charge is -2.37. The fraction of sp³-hybridized carbons (Fsp3) is 0.538. The van der Waals surface area contributed by atoms with Gasteiger partial charge in [-0.1, -0.05) is 19.1 Å². The molecule has 2 rings (SSSR count). The maximum Gasteiger partial charge on any atom is 0.123 e. The normalized spacial score (nSPS) is 26.9. The van der Waals surface area contributed by atoms with Gasteiger partial charge in [-0.25, -0.2) is 4.39 Å². The summed E-state index contributed by atoms with van der Waals surface area (Å²) in [5.74, 6) is 1.05. The van der Waals surface area contributed by atoms with Gasteiger partial charge in [-0.3, -0.25) is 4.90 Å². The highest BCUT2D eigenvalue weighted by Gasteiger charge is 2.24. The zero-order chi connectivity index (χ0) is 11.5. The van der Waals surface area contributed by atoms with Crippen LogP contribution in [0.15, 0.2) is 24.3 Å². The molecule has 2 unspecified atom stereocenters. The molecule has 0 bridgehead atoms. The topological polar surface area (TPSA) is 3.24 Å². The van der Waals surface area contributed by atoms with Gasteiger partial charge in [0.05, 0.1) is 0 Å². The molecule has 0 saturated carbocycles. The lowest BCUT2D eigenvalue weighted by atomic mass is 10.1. The maximum absolute atomic E-state index is 12.8. The molecule has 0 amide bonds. The van der Waals surface area contributed by atoms with Gasteiger partial charge in [0.25, 0.3) is 0 Å². The first kappa shape index (κ1) is 11.9. The Kier molecular flexibility index (Phi) is 3.87. The molecule has 2 atom stereocenters. The summed E-state index contributed by atoms with van der Waals surface area (Å²) >= 11 is 2.04. The number of halogens is 1. The van der Waals surface area contributed by atoms with Gasteiger partial charge in [0.15, 0.2) is 0 Å².